The molecule has 1 aliphatic rings. The first kappa shape index (κ1) is 16.1. The van der Waals surface area contributed by atoms with Crippen molar-refractivity contribution < 1.29 is 9.59 Å². The summed E-state index contributed by atoms with van der Waals surface area (Å²) < 4.78 is 0. The van der Waals surface area contributed by atoms with Gasteiger partial charge in [-0.15, -0.1) is 10.2 Å². The highest BCUT2D eigenvalue weighted by Gasteiger charge is 2.36. The van der Waals surface area contributed by atoms with Crippen LogP contribution < -0.4 is 5.32 Å². The maximum absolute atomic E-state index is 12.3. The zero-order chi connectivity index (χ0) is 17.1. The molecule has 1 aromatic carbocycles. The number of aryl methyl sites for hydroxylation is 1. The van der Waals surface area contributed by atoms with Gasteiger partial charge in [0.25, 0.3) is 0 Å². The van der Waals surface area contributed by atoms with Crippen LogP contribution in [0.25, 0.3) is 0 Å². The largest absolute Gasteiger partial charge is 0.348 e. The van der Waals surface area contributed by atoms with Crippen LogP contribution in [0.4, 0.5) is 0 Å². The van der Waals surface area contributed by atoms with E-state index in [1.807, 2.05) is 37.3 Å². The normalized spacial score (nSPS) is 18.7. The molecule has 1 aromatic heterocycles. The minimum absolute atomic E-state index is 0.00382. The molecule has 1 saturated heterocycles. The van der Waals surface area contributed by atoms with E-state index >= 15 is 0 Å². The van der Waals surface area contributed by atoms with Gasteiger partial charge in [0.2, 0.25) is 11.8 Å². The fraction of sp³-hybridized carbons (Fsp3) is 0.438. The number of carbonyl (C=O) groups is 2. The third kappa shape index (κ3) is 3.42. The second-order valence-corrected chi connectivity index (χ2v) is 5.95. The minimum atomic E-state index is -0.347. The number of benzene rings is 1. The molecule has 0 radical (unpaired) electrons. The summed E-state index contributed by atoms with van der Waals surface area (Å²) in [6, 6.07) is 9.78. The van der Waals surface area contributed by atoms with Crippen LogP contribution in [0.3, 0.4) is 0 Å². The summed E-state index contributed by atoms with van der Waals surface area (Å²) in [6.45, 7) is 2.62. The Balaban J connectivity index is 1.58. The van der Waals surface area contributed by atoms with Crippen molar-refractivity contribution in [1.29, 1.82) is 0 Å². The van der Waals surface area contributed by atoms with Gasteiger partial charge in [-0.1, -0.05) is 30.3 Å². The Hall–Kier alpha value is -2.77. The van der Waals surface area contributed by atoms with Crippen LogP contribution in [0, 0.1) is 5.92 Å². The maximum Gasteiger partial charge on any atom is 0.225 e. The lowest BCUT2D eigenvalue weighted by molar-refractivity contribution is -0.130. The Morgan fingerprint density at radius 3 is 2.79 bits per heavy atom. The minimum Gasteiger partial charge on any atom is -0.348 e. The zero-order valence-corrected chi connectivity index (χ0v) is 13.7. The molecular weight excluding hydrogens is 308 g/mol. The third-order valence-electron chi connectivity index (χ3n) is 4.25. The van der Waals surface area contributed by atoms with Gasteiger partial charge in [0, 0.05) is 13.0 Å². The van der Waals surface area contributed by atoms with Gasteiger partial charge in [0.05, 0.1) is 25.6 Å². The Labute approximate surface area is 139 Å². The summed E-state index contributed by atoms with van der Waals surface area (Å²) in [7, 11) is 1.66. The van der Waals surface area contributed by atoms with Crippen molar-refractivity contribution in [2.24, 2.45) is 13.0 Å². The summed E-state index contributed by atoms with van der Waals surface area (Å²) >= 11 is 0. The van der Waals surface area contributed by atoms with Gasteiger partial charge in [-0.05, 0) is 17.7 Å². The third-order valence-corrected chi connectivity index (χ3v) is 4.25. The first-order chi connectivity index (χ1) is 11.5. The molecule has 8 nitrogen and oxygen atoms in total. The van der Waals surface area contributed by atoms with Crippen LogP contribution in [-0.2, 0) is 23.2 Å². The number of hydrogen-bond acceptors (Lipinski definition) is 5. The van der Waals surface area contributed by atoms with Crippen molar-refractivity contribution in [2.75, 3.05) is 6.54 Å². The van der Waals surface area contributed by atoms with E-state index in [0.717, 1.165) is 5.56 Å². The van der Waals surface area contributed by atoms with E-state index in [-0.39, 0.29) is 36.7 Å². The standard InChI is InChI=1S/C16H20N6O2/c1-11(12-6-4-3-5-7-12)22-10-13(8-15(22)23)16(24)17-9-14-18-20-21(2)19-14/h3-7,11,13H,8-10H2,1-2H3,(H,17,24). The quantitative estimate of drug-likeness (QED) is 0.859. The van der Waals surface area contributed by atoms with Gasteiger partial charge in [-0.3, -0.25) is 9.59 Å². The molecule has 24 heavy (non-hydrogen) atoms. The number of carbonyl (C=O) groups excluding carboxylic acids is 2. The van der Waals surface area contributed by atoms with E-state index in [1.54, 1.807) is 11.9 Å². The molecule has 1 N–H and O–H groups in total. The lowest BCUT2D eigenvalue weighted by Crippen LogP contribution is -2.33. The SMILES string of the molecule is CC(c1ccccc1)N1CC(C(=O)NCc2nnn(C)n2)CC1=O. The average molecular weight is 328 g/mol. The molecule has 0 aliphatic carbocycles. The van der Waals surface area contributed by atoms with Crippen molar-refractivity contribution in [2.45, 2.75) is 25.9 Å². The molecule has 0 bridgehead atoms. The van der Waals surface area contributed by atoms with E-state index in [9.17, 15) is 9.59 Å². The van der Waals surface area contributed by atoms with Crippen molar-refractivity contribution in [3.05, 3.63) is 41.7 Å². The molecule has 2 aromatic rings. The van der Waals surface area contributed by atoms with Crippen LogP contribution in [0.2, 0.25) is 0 Å². The van der Waals surface area contributed by atoms with E-state index in [0.29, 0.717) is 12.4 Å². The fourth-order valence-electron chi connectivity index (χ4n) is 2.90. The number of nitrogens with one attached hydrogen (secondary N) is 1. The van der Waals surface area contributed by atoms with E-state index < -0.39 is 0 Å². The smallest absolute Gasteiger partial charge is 0.225 e. The molecule has 2 heterocycles. The molecule has 1 fully saturated rings. The first-order valence-electron chi connectivity index (χ1n) is 7.89. The number of likely N-dealkylation sites (tertiary alicyclic amines) is 1. The average Bonchev–Trinajstić information content (AvgIpc) is 3.18. The van der Waals surface area contributed by atoms with Gasteiger partial charge < -0.3 is 10.2 Å². The molecule has 0 spiro atoms. The molecular formula is C16H20N6O2. The second-order valence-electron chi connectivity index (χ2n) is 5.95. The summed E-state index contributed by atoms with van der Waals surface area (Å²) in [5.74, 6) is -0.0484. The lowest BCUT2D eigenvalue weighted by Gasteiger charge is -2.25. The van der Waals surface area contributed by atoms with Crippen LogP contribution in [0.15, 0.2) is 30.3 Å². The van der Waals surface area contributed by atoms with Crippen LogP contribution in [0.5, 0.6) is 0 Å². The summed E-state index contributed by atoms with van der Waals surface area (Å²) in [5.41, 5.74) is 1.07. The molecule has 2 unspecified atom stereocenters. The zero-order valence-electron chi connectivity index (χ0n) is 13.7. The molecule has 2 atom stereocenters. The van der Waals surface area contributed by atoms with E-state index in [2.05, 4.69) is 20.7 Å². The molecule has 0 saturated carbocycles. The predicted octanol–water partition coefficient (Wildman–Crippen LogP) is 0.436. The van der Waals surface area contributed by atoms with Crippen LogP contribution >= 0.6 is 0 Å². The van der Waals surface area contributed by atoms with Gasteiger partial charge in [-0.2, -0.15) is 4.80 Å². The lowest BCUT2D eigenvalue weighted by atomic mass is 10.1. The number of nitrogens with zero attached hydrogens (tertiary/aromatic N) is 5. The summed E-state index contributed by atoms with van der Waals surface area (Å²) in [4.78, 5) is 27.7. The van der Waals surface area contributed by atoms with Gasteiger partial charge >= 0.3 is 0 Å². The van der Waals surface area contributed by atoms with E-state index in [1.165, 1.54) is 4.80 Å². The van der Waals surface area contributed by atoms with Crippen LogP contribution in [0.1, 0.15) is 30.8 Å². The predicted molar refractivity (Wildman–Crippen MR) is 85.3 cm³/mol. The summed E-state index contributed by atoms with van der Waals surface area (Å²) in [5, 5.41) is 14.3. The van der Waals surface area contributed by atoms with Gasteiger partial charge in [0.1, 0.15) is 0 Å². The monoisotopic (exact) mass is 328 g/mol. The molecule has 126 valence electrons. The maximum atomic E-state index is 12.3. The number of tetrazole rings is 1. The van der Waals surface area contributed by atoms with Gasteiger partial charge in [-0.25, -0.2) is 0 Å². The molecule has 1 aliphatic heterocycles. The topological polar surface area (TPSA) is 93.0 Å². The second kappa shape index (κ2) is 6.77. The molecule has 3 rings (SSSR count). The number of hydrogen-bond donors (Lipinski definition) is 1. The van der Waals surface area contributed by atoms with Crippen molar-refractivity contribution >= 4 is 11.8 Å². The van der Waals surface area contributed by atoms with Crippen molar-refractivity contribution in [1.82, 2.24) is 30.4 Å². The molecule has 8 heteroatoms. The number of amides is 2. The molecule has 2 amide bonds. The first-order valence-corrected chi connectivity index (χ1v) is 7.89. The highest BCUT2D eigenvalue weighted by Crippen LogP contribution is 2.28. The van der Waals surface area contributed by atoms with Gasteiger partial charge in [0.15, 0.2) is 5.82 Å². The van der Waals surface area contributed by atoms with Crippen LogP contribution in [-0.4, -0.2) is 43.5 Å². The highest BCUT2D eigenvalue weighted by molar-refractivity contribution is 5.89. The Kier molecular flexibility index (Phi) is 4.54. The Morgan fingerprint density at radius 2 is 2.12 bits per heavy atom. The van der Waals surface area contributed by atoms with E-state index in [4.69, 9.17) is 0 Å². The Bertz CT molecular complexity index is 729. The number of aromatic nitrogens is 4. The Morgan fingerprint density at radius 1 is 1.38 bits per heavy atom. The highest BCUT2D eigenvalue weighted by atomic mass is 16.2. The number of rotatable bonds is 5. The fourth-order valence-corrected chi connectivity index (χ4v) is 2.90. The summed E-state index contributed by atoms with van der Waals surface area (Å²) in [6.07, 6.45) is 0.233. The van der Waals surface area contributed by atoms with Crippen molar-refractivity contribution in [3.63, 3.8) is 0 Å². The van der Waals surface area contributed by atoms with Crippen molar-refractivity contribution in [3.8, 4) is 0 Å².